The quantitative estimate of drug-likeness (QED) is 0.912. The van der Waals surface area contributed by atoms with Gasteiger partial charge in [-0.2, -0.15) is 13.2 Å². The van der Waals surface area contributed by atoms with Gasteiger partial charge in [0.1, 0.15) is 0 Å². The van der Waals surface area contributed by atoms with E-state index >= 15 is 0 Å². The largest absolute Gasteiger partial charge is 0.471 e. The smallest absolute Gasteiger partial charge is 0.294 e. The Bertz CT molecular complexity index is 612. The van der Waals surface area contributed by atoms with E-state index in [-0.39, 0.29) is 5.13 Å². The van der Waals surface area contributed by atoms with Crippen molar-refractivity contribution in [3.05, 3.63) is 34.7 Å². The number of hydrogen-bond donors (Lipinski definition) is 1. The Morgan fingerprint density at radius 3 is 2.63 bits per heavy atom. The first kappa shape index (κ1) is 13.8. The van der Waals surface area contributed by atoms with Gasteiger partial charge < -0.3 is 0 Å². The van der Waals surface area contributed by atoms with Crippen LogP contribution in [0.2, 0.25) is 5.02 Å². The summed E-state index contributed by atoms with van der Waals surface area (Å²) in [6.45, 7) is 0. The maximum absolute atomic E-state index is 12.1. The van der Waals surface area contributed by atoms with Gasteiger partial charge in [-0.15, -0.1) is 11.3 Å². The molecule has 0 aliphatic heterocycles. The number of thiazole rings is 1. The molecule has 0 atom stereocenters. The Balaban J connectivity index is 2.21. The van der Waals surface area contributed by atoms with E-state index in [0.29, 0.717) is 16.3 Å². The Morgan fingerprint density at radius 2 is 2.00 bits per heavy atom. The predicted octanol–water partition coefficient (Wildman–Crippen LogP) is 3.96. The van der Waals surface area contributed by atoms with Gasteiger partial charge in [0, 0.05) is 16.0 Å². The first-order valence-corrected chi connectivity index (χ1v) is 6.22. The van der Waals surface area contributed by atoms with Crippen LogP contribution in [0, 0.1) is 0 Å². The van der Waals surface area contributed by atoms with Crippen LogP contribution in [0.4, 0.5) is 18.3 Å². The van der Waals surface area contributed by atoms with Gasteiger partial charge in [0.15, 0.2) is 5.13 Å². The molecule has 1 N–H and O–H groups in total. The molecule has 0 bridgehead atoms. The monoisotopic (exact) mass is 306 g/mol. The summed E-state index contributed by atoms with van der Waals surface area (Å²) in [5, 5.41) is 3.52. The van der Waals surface area contributed by atoms with Crippen molar-refractivity contribution < 1.29 is 18.0 Å². The summed E-state index contributed by atoms with van der Waals surface area (Å²) < 4.78 is 36.2. The maximum Gasteiger partial charge on any atom is 0.471 e. The highest BCUT2D eigenvalue weighted by Crippen LogP contribution is 2.30. The van der Waals surface area contributed by atoms with E-state index in [1.807, 2.05) is 0 Å². The van der Waals surface area contributed by atoms with Crippen LogP contribution in [0.3, 0.4) is 0 Å². The number of benzene rings is 1. The van der Waals surface area contributed by atoms with Crippen molar-refractivity contribution in [1.82, 2.24) is 4.98 Å². The number of carbonyl (C=O) groups excluding carboxylic acids is 1. The molecule has 0 radical (unpaired) electrons. The summed E-state index contributed by atoms with van der Waals surface area (Å²) >= 11 is 6.84. The fourth-order valence-electron chi connectivity index (χ4n) is 1.29. The molecule has 0 saturated carbocycles. The van der Waals surface area contributed by atoms with Crippen LogP contribution in [0.25, 0.3) is 11.3 Å². The molecule has 1 amide bonds. The highest BCUT2D eigenvalue weighted by molar-refractivity contribution is 7.14. The maximum atomic E-state index is 12.1. The van der Waals surface area contributed by atoms with E-state index in [4.69, 9.17) is 11.6 Å². The molecule has 0 aliphatic carbocycles. The first-order valence-electron chi connectivity index (χ1n) is 4.96. The zero-order valence-electron chi connectivity index (χ0n) is 9.16. The SMILES string of the molecule is O=C(Nc1nc(-c2ccccc2Cl)cs1)C(F)(F)F. The average molecular weight is 307 g/mol. The van der Waals surface area contributed by atoms with Crippen molar-refractivity contribution in [2.45, 2.75) is 6.18 Å². The summed E-state index contributed by atoms with van der Waals surface area (Å²) in [5.41, 5.74) is 1.00. The second-order valence-corrected chi connectivity index (χ2v) is 4.73. The molecule has 0 spiro atoms. The molecular weight excluding hydrogens is 301 g/mol. The zero-order chi connectivity index (χ0) is 14.0. The van der Waals surface area contributed by atoms with E-state index in [1.54, 1.807) is 29.6 Å². The number of anilines is 1. The van der Waals surface area contributed by atoms with Crippen LogP contribution < -0.4 is 5.32 Å². The molecule has 19 heavy (non-hydrogen) atoms. The van der Waals surface area contributed by atoms with Gasteiger partial charge in [0.2, 0.25) is 0 Å². The lowest BCUT2D eigenvalue weighted by atomic mass is 10.2. The standard InChI is InChI=1S/C11H6ClF3N2OS/c12-7-4-2-1-3-6(7)8-5-19-10(16-8)17-9(18)11(13,14)15/h1-5H,(H,16,17,18). The highest BCUT2D eigenvalue weighted by atomic mass is 35.5. The molecule has 2 aromatic rings. The number of halogens is 4. The van der Waals surface area contributed by atoms with Crippen molar-refractivity contribution in [3.8, 4) is 11.3 Å². The molecule has 3 nitrogen and oxygen atoms in total. The Kier molecular flexibility index (Phi) is 3.77. The van der Waals surface area contributed by atoms with Crippen LogP contribution in [0.15, 0.2) is 29.6 Å². The van der Waals surface area contributed by atoms with Gasteiger partial charge in [0.05, 0.1) is 5.69 Å². The second-order valence-electron chi connectivity index (χ2n) is 3.47. The third-order valence-electron chi connectivity index (χ3n) is 2.13. The van der Waals surface area contributed by atoms with Gasteiger partial charge >= 0.3 is 12.1 Å². The first-order chi connectivity index (χ1) is 8.88. The molecule has 1 heterocycles. The predicted molar refractivity (Wildman–Crippen MR) is 67.2 cm³/mol. The molecule has 2 rings (SSSR count). The van der Waals surface area contributed by atoms with E-state index in [1.165, 1.54) is 5.38 Å². The normalized spacial score (nSPS) is 11.4. The minimum absolute atomic E-state index is 0.128. The fourth-order valence-corrected chi connectivity index (χ4v) is 2.23. The molecule has 1 aromatic carbocycles. The lowest BCUT2D eigenvalue weighted by Gasteiger charge is -2.04. The van der Waals surface area contributed by atoms with Crippen molar-refractivity contribution in [2.75, 3.05) is 5.32 Å². The third kappa shape index (κ3) is 3.24. The molecule has 0 aliphatic rings. The van der Waals surface area contributed by atoms with E-state index in [0.717, 1.165) is 11.3 Å². The van der Waals surface area contributed by atoms with Gasteiger partial charge in [0.25, 0.3) is 0 Å². The van der Waals surface area contributed by atoms with Crippen LogP contribution in [0.1, 0.15) is 0 Å². The van der Waals surface area contributed by atoms with Gasteiger partial charge in [-0.1, -0.05) is 29.8 Å². The molecule has 0 unspecified atom stereocenters. The zero-order valence-corrected chi connectivity index (χ0v) is 10.7. The van der Waals surface area contributed by atoms with Crippen molar-refractivity contribution >= 4 is 34.0 Å². The van der Waals surface area contributed by atoms with Crippen LogP contribution in [-0.2, 0) is 4.79 Å². The topological polar surface area (TPSA) is 42.0 Å². The molecule has 0 fully saturated rings. The molecular formula is C11H6ClF3N2OS. The van der Waals surface area contributed by atoms with Gasteiger partial charge in [-0.25, -0.2) is 4.98 Å². The van der Waals surface area contributed by atoms with Crippen molar-refractivity contribution in [2.24, 2.45) is 0 Å². The molecule has 0 saturated heterocycles. The Labute approximate surface area is 115 Å². The van der Waals surface area contributed by atoms with Crippen molar-refractivity contribution in [3.63, 3.8) is 0 Å². The van der Waals surface area contributed by atoms with Crippen molar-refractivity contribution in [1.29, 1.82) is 0 Å². The lowest BCUT2D eigenvalue weighted by molar-refractivity contribution is -0.167. The number of nitrogens with one attached hydrogen (secondary N) is 1. The molecule has 1 aromatic heterocycles. The van der Waals surface area contributed by atoms with E-state index in [2.05, 4.69) is 4.98 Å². The summed E-state index contributed by atoms with van der Waals surface area (Å²) in [5.74, 6) is -2.05. The van der Waals surface area contributed by atoms with Crippen LogP contribution in [-0.4, -0.2) is 17.1 Å². The number of aromatic nitrogens is 1. The average Bonchev–Trinajstić information content (AvgIpc) is 2.76. The minimum Gasteiger partial charge on any atom is -0.294 e. The second kappa shape index (κ2) is 5.18. The van der Waals surface area contributed by atoms with Crippen LogP contribution >= 0.6 is 22.9 Å². The summed E-state index contributed by atoms with van der Waals surface area (Å²) in [6, 6.07) is 6.79. The third-order valence-corrected chi connectivity index (χ3v) is 3.22. The molecule has 100 valence electrons. The number of carbonyl (C=O) groups is 1. The highest BCUT2D eigenvalue weighted by Gasteiger charge is 2.39. The Hall–Kier alpha value is -1.60. The van der Waals surface area contributed by atoms with Gasteiger partial charge in [-0.05, 0) is 6.07 Å². The number of rotatable bonds is 2. The van der Waals surface area contributed by atoms with Crippen LogP contribution in [0.5, 0.6) is 0 Å². The van der Waals surface area contributed by atoms with E-state index < -0.39 is 12.1 Å². The van der Waals surface area contributed by atoms with E-state index in [9.17, 15) is 18.0 Å². The summed E-state index contributed by atoms with van der Waals surface area (Å²) in [7, 11) is 0. The number of amides is 1. The van der Waals surface area contributed by atoms with Gasteiger partial charge in [-0.3, -0.25) is 10.1 Å². The number of nitrogens with zero attached hydrogens (tertiary/aromatic N) is 1. The summed E-state index contributed by atoms with van der Waals surface area (Å²) in [4.78, 5) is 14.6. The number of alkyl halides is 3. The Morgan fingerprint density at radius 1 is 1.32 bits per heavy atom. The lowest BCUT2D eigenvalue weighted by Crippen LogP contribution is -2.29. The summed E-state index contributed by atoms with van der Waals surface area (Å²) in [6.07, 6.45) is -4.93. The minimum atomic E-state index is -4.93. The molecule has 8 heteroatoms. The number of hydrogen-bond acceptors (Lipinski definition) is 3. The fraction of sp³-hybridized carbons (Fsp3) is 0.0909.